The predicted octanol–water partition coefficient (Wildman–Crippen LogP) is 0.421. The van der Waals surface area contributed by atoms with Crippen LogP contribution in [0.3, 0.4) is 0 Å². The highest BCUT2D eigenvalue weighted by atomic mass is 16.6. The maximum atomic E-state index is 11.6. The standard InChI is InChI=1S/C13H16N2O4/c1-15-6-5-11(13(15)17)19-12(16)8-18-10-4-2-3-9(14)7-10/h2-4,7,11H,5-6,8,14H2,1H3. The largest absolute Gasteiger partial charge is 0.482 e. The van der Waals surface area contributed by atoms with Crippen molar-refractivity contribution in [2.24, 2.45) is 0 Å². The lowest BCUT2D eigenvalue weighted by molar-refractivity contribution is -0.157. The highest BCUT2D eigenvalue weighted by Crippen LogP contribution is 2.15. The molecule has 1 aliphatic rings. The van der Waals surface area contributed by atoms with E-state index in [9.17, 15) is 9.59 Å². The molecule has 1 amide bonds. The van der Waals surface area contributed by atoms with Crippen molar-refractivity contribution < 1.29 is 19.1 Å². The van der Waals surface area contributed by atoms with Gasteiger partial charge in [-0.15, -0.1) is 0 Å². The maximum Gasteiger partial charge on any atom is 0.344 e. The molecule has 2 N–H and O–H groups in total. The number of esters is 1. The van der Waals surface area contributed by atoms with Crippen LogP contribution in [0.15, 0.2) is 24.3 Å². The van der Waals surface area contributed by atoms with Crippen LogP contribution in [0, 0.1) is 0 Å². The lowest BCUT2D eigenvalue weighted by Crippen LogP contribution is -2.30. The second-order valence-corrected chi connectivity index (χ2v) is 4.39. The van der Waals surface area contributed by atoms with E-state index >= 15 is 0 Å². The summed E-state index contributed by atoms with van der Waals surface area (Å²) in [5.41, 5.74) is 6.14. The molecule has 0 aliphatic carbocycles. The quantitative estimate of drug-likeness (QED) is 0.629. The molecule has 0 bridgehead atoms. The zero-order valence-electron chi connectivity index (χ0n) is 10.7. The number of carbonyl (C=O) groups is 2. The van der Waals surface area contributed by atoms with Gasteiger partial charge < -0.3 is 20.1 Å². The second kappa shape index (κ2) is 5.60. The summed E-state index contributed by atoms with van der Waals surface area (Å²) in [6.45, 7) is 0.365. The molecule has 102 valence electrons. The van der Waals surface area contributed by atoms with E-state index in [0.717, 1.165) is 0 Å². The Bertz CT molecular complexity index is 489. The summed E-state index contributed by atoms with van der Waals surface area (Å²) in [7, 11) is 1.68. The van der Waals surface area contributed by atoms with Crippen molar-refractivity contribution in [3.63, 3.8) is 0 Å². The molecule has 1 fully saturated rings. The predicted molar refractivity (Wildman–Crippen MR) is 68.5 cm³/mol. The van der Waals surface area contributed by atoms with Crippen LogP contribution in [-0.4, -0.2) is 43.1 Å². The van der Waals surface area contributed by atoms with Gasteiger partial charge in [0.25, 0.3) is 5.91 Å². The number of rotatable bonds is 4. The van der Waals surface area contributed by atoms with Gasteiger partial charge in [0.2, 0.25) is 0 Å². The van der Waals surface area contributed by atoms with Gasteiger partial charge in [-0.2, -0.15) is 0 Å². The molecule has 6 heteroatoms. The average molecular weight is 264 g/mol. The summed E-state index contributed by atoms with van der Waals surface area (Å²) < 4.78 is 10.3. The molecule has 0 spiro atoms. The molecule has 2 rings (SSSR count). The smallest absolute Gasteiger partial charge is 0.344 e. The van der Waals surface area contributed by atoms with E-state index in [0.29, 0.717) is 24.4 Å². The SMILES string of the molecule is CN1CCC(OC(=O)COc2cccc(N)c2)C1=O. The Labute approximate surface area is 111 Å². The second-order valence-electron chi connectivity index (χ2n) is 4.39. The Hall–Kier alpha value is -2.24. The van der Waals surface area contributed by atoms with E-state index < -0.39 is 12.1 Å². The number of nitrogen functional groups attached to an aromatic ring is 1. The van der Waals surface area contributed by atoms with Crippen molar-refractivity contribution >= 4 is 17.6 Å². The molecule has 6 nitrogen and oxygen atoms in total. The van der Waals surface area contributed by atoms with E-state index in [4.69, 9.17) is 15.2 Å². The topological polar surface area (TPSA) is 81.9 Å². The fourth-order valence-electron chi connectivity index (χ4n) is 1.84. The van der Waals surface area contributed by atoms with Gasteiger partial charge in [-0.25, -0.2) is 4.79 Å². The van der Waals surface area contributed by atoms with E-state index in [1.165, 1.54) is 4.90 Å². The number of likely N-dealkylation sites (tertiary alicyclic amines) is 1. The first-order chi connectivity index (χ1) is 9.06. The number of hydrogen-bond donors (Lipinski definition) is 1. The molecule has 1 aromatic rings. The van der Waals surface area contributed by atoms with Gasteiger partial charge in [-0.05, 0) is 12.1 Å². The number of hydrogen-bond acceptors (Lipinski definition) is 5. The highest BCUT2D eigenvalue weighted by molar-refractivity contribution is 5.85. The average Bonchev–Trinajstić information content (AvgIpc) is 2.69. The fraction of sp³-hybridized carbons (Fsp3) is 0.385. The van der Waals surface area contributed by atoms with Crippen LogP contribution >= 0.6 is 0 Å². The zero-order chi connectivity index (χ0) is 13.8. The van der Waals surface area contributed by atoms with Crippen molar-refractivity contribution in [2.75, 3.05) is 25.9 Å². The summed E-state index contributed by atoms with van der Waals surface area (Å²) in [5.74, 6) is -0.236. The molecule has 0 saturated carbocycles. The molecule has 1 unspecified atom stereocenters. The molecule has 19 heavy (non-hydrogen) atoms. The van der Waals surface area contributed by atoms with Crippen LogP contribution in [0.25, 0.3) is 0 Å². The van der Waals surface area contributed by atoms with Gasteiger partial charge in [-0.3, -0.25) is 4.79 Å². The summed E-state index contributed by atoms with van der Waals surface area (Å²) in [6.07, 6.45) is -0.152. The van der Waals surface area contributed by atoms with E-state index in [-0.39, 0.29) is 12.5 Å². The molecule has 1 atom stereocenters. The fourth-order valence-corrected chi connectivity index (χ4v) is 1.84. The molecule has 0 aromatic heterocycles. The van der Waals surface area contributed by atoms with Gasteiger partial charge in [0.1, 0.15) is 5.75 Å². The number of likely N-dealkylation sites (N-methyl/N-ethyl adjacent to an activating group) is 1. The monoisotopic (exact) mass is 264 g/mol. The molecule has 1 aromatic carbocycles. The summed E-state index contributed by atoms with van der Waals surface area (Å²) in [4.78, 5) is 24.6. The molecule has 1 saturated heterocycles. The van der Waals surface area contributed by atoms with Crippen LogP contribution in [0.2, 0.25) is 0 Å². The Morgan fingerprint density at radius 3 is 2.95 bits per heavy atom. The number of ether oxygens (including phenoxy) is 2. The van der Waals surface area contributed by atoms with Crippen LogP contribution in [0.5, 0.6) is 5.75 Å². The van der Waals surface area contributed by atoms with E-state index in [1.807, 2.05) is 0 Å². The van der Waals surface area contributed by atoms with Gasteiger partial charge in [-0.1, -0.05) is 6.07 Å². The molecule has 1 aliphatic heterocycles. The summed E-state index contributed by atoms with van der Waals surface area (Å²) in [5, 5.41) is 0. The van der Waals surface area contributed by atoms with Crippen LogP contribution in [-0.2, 0) is 14.3 Å². The minimum Gasteiger partial charge on any atom is -0.482 e. The first-order valence-electron chi connectivity index (χ1n) is 5.99. The van der Waals surface area contributed by atoms with Crippen LogP contribution in [0.4, 0.5) is 5.69 Å². The highest BCUT2D eigenvalue weighted by Gasteiger charge is 2.32. The zero-order valence-corrected chi connectivity index (χ0v) is 10.7. The first kappa shape index (κ1) is 13.2. The number of benzene rings is 1. The molecular weight excluding hydrogens is 248 g/mol. The van der Waals surface area contributed by atoms with Gasteiger partial charge in [0, 0.05) is 31.8 Å². The third-order valence-electron chi connectivity index (χ3n) is 2.87. The Balaban J connectivity index is 1.80. The number of anilines is 1. The Kier molecular flexibility index (Phi) is 3.89. The van der Waals surface area contributed by atoms with Crippen molar-refractivity contribution in [3.05, 3.63) is 24.3 Å². The van der Waals surface area contributed by atoms with Gasteiger partial charge in [0.15, 0.2) is 12.7 Å². The third kappa shape index (κ3) is 3.37. The number of carbonyl (C=O) groups excluding carboxylic acids is 2. The minimum atomic E-state index is -0.679. The maximum absolute atomic E-state index is 11.6. The number of nitrogens with two attached hydrogens (primary N) is 1. The first-order valence-corrected chi connectivity index (χ1v) is 5.99. The minimum absolute atomic E-state index is 0.169. The lowest BCUT2D eigenvalue weighted by Gasteiger charge is -2.12. The van der Waals surface area contributed by atoms with Crippen molar-refractivity contribution in [2.45, 2.75) is 12.5 Å². The van der Waals surface area contributed by atoms with Gasteiger partial charge in [0.05, 0.1) is 0 Å². The lowest BCUT2D eigenvalue weighted by atomic mass is 10.3. The van der Waals surface area contributed by atoms with Gasteiger partial charge >= 0.3 is 5.97 Å². The molecule has 0 radical (unpaired) electrons. The molecule has 1 heterocycles. The van der Waals surface area contributed by atoms with E-state index in [2.05, 4.69) is 0 Å². The third-order valence-corrected chi connectivity index (χ3v) is 2.87. The normalized spacial score (nSPS) is 18.5. The van der Waals surface area contributed by atoms with Crippen molar-refractivity contribution in [1.82, 2.24) is 4.90 Å². The van der Waals surface area contributed by atoms with Crippen molar-refractivity contribution in [1.29, 1.82) is 0 Å². The van der Waals surface area contributed by atoms with Crippen LogP contribution in [0.1, 0.15) is 6.42 Å². The Morgan fingerprint density at radius 1 is 1.53 bits per heavy atom. The number of amides is 1. The molecular formula is C13H16N2O4. The summed E-state index contributed by atoms with van der Waals surface area (Å²) in [6, 6.07) is 6.75. The van der Waals surface area contributed by atoms with Crippen molar-refractivity contribution in [3.8, 4) is 5.75 Å². The van der Waals surface area contributed by atoms with E-state index in [1.54, 1.807) is 31.3 Å². The Morgan fingerprint density at radius 2 is 2.32 bits per heavy atom. The van der Waals surface area contributed by atoms with Crippen LogP contribution < -0.4 is 10.5 Å². The summed E-state index contributed by atoms with van der Waals surface area (Å²) >= 11 is 0. The number of nitrogens with zero attached hydrogens (tertiary/aromatic N) is 1.